The zero-order valence-corrected chi connectivity index (χ0v) is 16.9. The standard InChI is InChI=1S/C20H26FN5O3/c1-12(2)29-18-6-14-16(7-15(18)21)24-25-20(14)17-8-19(23-11-22-17)26-4-5-28-13(9-26)10-27-3/h6,8,11-13,16,24H,4-5,7,9-10H2,1-3H3/t13?,16-/m1/s1. The van der Waals surface area contributed by atoms with Crippen LogP contribution in [0.4, 0.5) is 10.2 Å². The quantitative estimate of drug-likeness (QED) is 0.777. The van der Waals surface area contributed by atoms with E-state index < -0.39 is 0 Å². The summed E-state index contributed by atoms with van der Waals surface area (Å²) in [7, 11) is 1.67. The van der Waals surface area contributed by atoms with Crippen LogP contribution < -0.4 is 10.3 Å². The van der Waals surface area contributed by atoms with Crippen molar-refractivity contribution in [2.75, 3.05) is 38.3 Å². The fourth-order valence-electron chi connectivity index (χ4n) is 3.69. The zero-order chi connectivity index (χ0) is 20.4. The number of hydrogen-bond acceptors (Lipinski definition) is 8. The van der Waals surface area contributed by atoms with Crippen molar-refractivity contribution < 1.29 is 18.6 Å². The largest absolute Gasteiger partial charge is 0.488 e. The fourth-order valence-corrected chi connectivity index (χ4v) is 3.69. The van der Waals surface area contributed by atoms with Crippen molar-refractivity contribution in [3.63, 3.8) is 0 Å². The van der Waals surface area contributed by atoms with Gasteiger partial charge in [0.25, 0.3) is 0 Å². The maximum absolute atomic E-state index is 14.3. The van der Waals surface area contributed by atoms with Crippen LogP contribution in [0, 0.1) is 0 Å². The fraction of sp³-hybridized carbons (Fsp3) is 0.550. The number of hydrazone groups is 1. The molecule has 0 radical (unpaired) electrons. The van der Waals surface area contributed by atoms with Crippen molar-refractivity contribution in [1.82, 2.24) is 15.4 Å². The number of nitrogens with one attached hydrogen (secondary N) is 1. The van der Waals surface area contributed by atoms with Gasteiger partial charge in [0.2, 0.25) is 0 Å². The first-order chi connectivity index (χ1) is 14.0. The lowest BCUT2D eigenvalue weighted by molar-refractivity contribution is -0.0102. The number of methoxy groups -OCH3 is 1. The van der Waals surface area contributed by atoms with Gasteiger partial charge in [-0.1, -0.05) is 0 Å². The summed E-state index contributed by atoms with van der Waals surface area (Å²) in [4.78, 5) is 11.0. The predicted molar refractivity (Wildman–Crippen MR) is 106 cm³/mol. The molecule has 2 atom stereocenters. The molecule has 29 heavy (non-hydrogen) atoms. The number of aromatic nitrogens is 2. The van der Waals surface area contributed by atoms with Crippen LogP contribution in [0.25, 0.3) is 0 Å². The summed E-state index contributed by atoms with van der Waals surface area (Å²) in [6.07, 6.45) is 3.37. The molecule has 156 valence electrons. The maximum atomic E-state index is 14.3. The molecule has 1 N–H and O–H groups in total. The lowest BCUT2D eigenvalue weighted by atomic mass is 9.93. The van der Waals surface area contributed by atoms with E-state index in [0.29, 0.717) is 31.2 Å². The van der Waals surface area contributed by atoms with Crippen LogP contribution >= 0.6 is 0 Å². The average Bonchev–Trinajstić information content (AvgIpc) is 3.11. The lowest BCUT2D eigenvalue weighted by Crippen LogP contribution is -2.44. The Morgan fingerprint density at radius 3 is 3.03 bits per heavy atom. The van der Waals surface area contributed by atoms with E-state index in [9.17, 15) is 4.39 Å². The van der Waals surface area contributed by atoms with E-state index in [-0.39, 0.29) is 36.3 Å². The summed E-state index contributed by atoms with van der Waals surface area (Å²) in [6, 6.07) is 1.70. The van der Waals surface area contributed by atoms with Gasteiger partial charge in [-0.25, -0.2) is 14.4 Å². The predicted octanol–water partition coefficient (Wildman–Crippen LogP) is 1.94. The molecule has 1 aliphatic carbocycles. The van der Waals surface area contributed by atoms with Crippen molar-refractivity contribution in [1.29, 1.82) is 0 Å². The number of fused-ring (bicyclic) bond motifs is 1. The Balaban J connectivity index is 1.57. The normalized spacial score (nSPS) is 24.2. The summed E-state index contributed by atoms with van der Waals surface area (Å²) in [5, 5.41) is 4.43. The molecule has 1 aromatic heterocycles. The first-order valence-electron chi connectivity index (χ1n) is 9.83. The Bertz CT molecular complexity index is 852. The summed E-state index contributed by atoms with van der Waals surface area (Å²) in [5.41, 5.74) is 5.28. The molecule has 0 bridgehead atoms. The lowest BCUT2D eigenvalue weighted by Gasteiger charge is -2.33. The topological polar surface area (TPSA) is 81.1 Å². The van der Waals surface area contributed by atoms with E-state index in [0.717, 1.165) is 17.9 Å². The van der Waals surface area contributed by atoms with Gasteiger partial charge in [-0.05, 0) is 19.9 Å². The third kappa shape index (κ3) is 4.25. The molecule has 0 aromatic carbocycles. The minimum absolute atomic E-state index is 0.00643. The molecule has 0 saturated carbocycles. The number of rotatable bonds is 6. The van der Waals surface area contributed by atoms with Crippen molar-refractivity contribution in [3.05, 3.63) is 41.3 Å². The van der Waals surface area contributed by atoms with Crippen molar-refractivity contribution >= 4 is 11.5 Å². The van der Waals surface area contributed by atoms with Crippen LogP contribution in [0.15, 0.2) is 40.7 Å². The van der Waals surface area contributed by atoms with E-state index in [1.54, 1.807) is 13.2 Å². The van der Waals surface area contributed by atoms with E-state index in [1.165, 1.54) is 6.33 Å². The first kappa shape index (κ1) is 19.8. The van der Waals surface area contributed by atoms with Gasteiger partial charge in [0.05, 0.1) is 37.2 Å². The van der Waals surface area contributed by atoms with Crippen LogP contribution in [-0.2, 0) is 14.2 Å². The molecule has 8 nitrogen and oxygen atoms in total. The molecule has 0 amide bonds. The third-order valence-electron chi connectivity index (χ3n) is 4.99. The van der Waals surface area contributed by atoms with Crippen molar-refractivity contribution in [2.24, 2.45) is 5.10 Å². The molecular weight excluding hydrogens is 377 g/mol. The molecule has 9 heteroatoms. The number of hydrogen-bond donors (Lipinski definition) is 1. The molecule has 1 fully saturated rings. The second-order valence-corrected chi connectivity index (χ2v) is 7.54. The van der Waals surface area contributed by atoms with Gasteiger partial charge in [0.15, 0.2) is 5.76 Å². The van der Waals surface area contributed by atoms with E-state index in [2.05, 4.69) is 25.4 Å². The molecule has 3 heterocycles. The van der Waals surface area contributed by atoms with Gasteiger partial charge in [-0.3, -0.25) is 0 Å². The molecule has 1 saturated heterocycles. The molecule has 1 unspecified atom stereocenters. The molecule has 2 aliphatic heterocycles. The molecule has 0 spiro atoms. The maximum Gasteiger partial charge on any atom is 0.151 e. The highest BCUT2D eigenvalue weighted by Gasteiger charge is 2.33. The number of morpholine rings is 1. The third-order valence-corrected chi connectivity index (χ3v) is 4.99. The number of allylic oxidation sites excluding steroid dienone is 1. The van der Waals surface area contributed by atoms with Gasteiger partial charge < -0.3 is 24.5 Å². The van der Waals surface area contributed by atoms with Gasteiger partial charge in [-0.15, -0.1) is 0 Å². The Morgan fingerprint density at radius 1 is 1.38 bits per heavy atom. The van der Waals surface area contributed by atoms with Gasteiger partial charge in [0.1, 0.15) is 23.7 Å². The van der Waals surface area contributed by atoms with Gasteiger partial charge in [-0.2, -0.15) is 5.10 Å². The van der Waals surface area contributed by atoms with Crippen molar-refractivity contribution in [3.8, 4) is 0 Å². The van der Waals surface area contributed by atoms with E-state index in [4.69, 9.17) is 14.2 Å². The smallest absolute Gasteiger partial charge is 0.151 e. The number of halogens is 1. The van der Waals surface area contributed by atoms with E-state index in [1.807, 2.05) is 19.9 Å². The van der Waals surface area contributed by atoms with Crippen LogP contribution in [0.3, 0.4) is 0 Å². The first-order valence-corrected chi connectivity index (χ1v) is 9.83. The highest BCUT2D eigenvalue weighted by atomic mass is 19.1. The molecule has 3 aliphatic rings. The Morgan fingerprint density at radius 2 is 2.24 bits per heavy atom. The number of ether oxygens (including phenoxy) is 3. The Hall–Kier alpha value is -2.52. The molecule has 1 aromatic rings. The average molecular weight is 403 g/mol. The van der Waals surface area contributed by atoms with Crippen molar-refractivity contribution in [2.45, 2.75) is 38.5 Å². The van der Waals surface area contributed by atoms with Gasteiger partial charge >= 0.3 is 0 Å². The summed E-state index contributed by atoms with van der Waals surface area (Å²) >= 11 is 0. The summed E-state index contributed by atoms with van der Waals surface area (Å²) in [6.45, 7) is 6.35. The second-order valence-electron chi connectivity index (χ2n) is 7.54. The highest BCUT2D eigenvalue weighted by molar-refractivity contribution is 6.14. The Kier molecular flexibility index (Phi) is 5.77. The van der Waals surface area contributed by atoms with Crippen LogP contribution in [0.2, 0.25) is 0 Å². The van der Waals surface area contributed by atoms with Gasteiger partial charge in [0, 0.05) is 38.3 Å². The SMILES string of the molecule is COCC1CN(c2cc(C3=NN[C@@H]4CC(F)=C(OC(C)C)C=C34)ncn2)CCO1. The van der Waals surface area contributed by atoms with Crippen LogP contribution in [0.1, 0.15) is 26.0 Å². The zero-order valence-electron chi connectivity index (χ0n) is 16.9. The summed E-state index contributed by atoms with van der Waals surface area (Å²) < 4.78 is 30.9. The van der Waals surface area contributed by atoms with E-state index >= 15 is 0 Å². The molecule has 4 rings (SSSR count). The minimum atomic E-state index is -0.266. The van der Waals surface area contributed by atoms with Crippen LogP contribution in [0.5, 0.6) is 0 Å². The van der Waals surface area contributed by atoms with Crippen LogP contribution in [-0.4, -0.2) is 67.3 Å². The number of anilines is 1. The monoisotopic (exact) mass is 403 g/mol. The summed E-state index contributed by atoms with van der Waals surface area (Å²) in [5.74, 6) is 0.812. The number of nitrogens with zero attached hydrogens (tertiary/aromatic N) is 4. The minimum Gasteiger partial charge on any atom is -0.488 e. The highest BCUT2D eigenvalue weighted by Crippen LogP contribution is 2.32. The molecular formula is C20H26FN5O3. The second kappa shape index (κ2) is 8.46. The Labute approximate surface area is 169 Å².